The molecule has 1 aromatic rings. The maximum atomic E-state index is 9.16. The first-order chi connectivity index (χ1) is 8.43. The van der Waals surface area contributed by atoms with Crippen LogP contribution in [0.25, 0.3) is 0 Å². The van der Waals surface area contributed by atoms with Crippen molar-refractivity contribution in [2.75, 3.05) is 11.9 Å². The molecule has 2 rings (SSSR count). The molecule has 0 radical (unpaired) electrons. The molecule has 1 aliphatic carbocycles. The van der Waals surface area contributed by atoms with Gasteiger partial charge in [0.2, 0.25) is 0 Å². The number of halogens is 1. The second kappa shape index (κ2) is 5.35. The van der Waals surface area contributed by atoms with E-state index in [4.69, 9.17) is 16.7 Å². The monoisotopic (exact) mass is 288 g/mol. The van der Waals surface area contributed by atoms with Gasteiger partial charge >= 0.3 is 0 Å². The molecule has 0 aliphatic heterocycles. The van der Waals surface area contributed by atoms with Crippen LogP contribution in [0.3, 0.4) is 0 Å². The average Bonchev–Trinajstić information content (AvgIpc) is 2.69. The van der Waals surface area contributed by atoms with Crippen molar-refractivity contribution in [1.29, 1.82) is 0 Å². The number of aliphatic hydroxyl groups excluding tert-OH is 1. The van der Waals surface area contributed by atoms with Crippen molar-refractivity contribution in [3.05, 3.63) is 10.0 Å². The zero-order valence-electron chi connectivity index (χ0n) is 11.2. The summed E-state index contributed by atoms with van der Waals surface area (Å²) in [6.07, 6.45) is 4.92. The largest absolute Gasteiger partial charge is 0.391 e. The minimum Gasteiger partial charge on any atom is -0.391 e. The zero-order valence-corrected chi connectivity index (χ0v) is 12.8. The molecule has 0 aromatic carbocycles. The van der Waals surface area contributed by atoms with E-state index < -0.39 is 0 Å². The molecule has 1 aromatic heterocycles. The summed E-state index contributed by atoms with van der Waals surface area (Å²) in [5.41, 5.74) is 0.480. The maximum absolute atomic E-state index is 9.16. The van der Waals surface area contributed by atoms with E-state index in [-0.39, 0.29) is 6.61 Å². The second-order valence-electron chi connectivity index (χ2n) is 5.87. The van der Waals surface area contributed by atoms with Gasteiger partial charge in [-0.15, -0.1) is 0 Å². The highest BCUT2D eigenvalue weighted by molar-refractivity contribution is 7.16. The summed E-state index contributed by atoms with van der Waals surface area (Å²) in [6, 6.07) is 0.548. The van der Waals surface area contributed by atoms with E-state index >= 15 is 0 Å². The lowest BCUT2D eigenvalue weighted by Crippen LogP contribution is -2.37. The molecule has 3 nitrogen and oxygen atoms in total. The van der Waals surface area contributed by atoms with Crippen LogP contribution in [-0.2, 0) is 6.61 Å². The highest BCUT2D eigenvalue weighted by atomic mass is 35.5. The Labute approximate surface area is 118 Å². The fourth-order valence-electron chi connectivity index (χ4n) is 2.50. The lowest BCUT2D eigenvalue weighted by molar-refractivity contribution is 0.222. The minimum atomic E-state index is -0.0258. The van der Waals surface area contributed by atoms with E-state index in [9.17, 15) is 0 Å². The molecule has 0 saturated heterocycles. The summed E-state index contributed by atoms with van der Waals surface area (Å²) in [4.78, 5) is 7.33. The van der Waals surface area contributed by atoms with E-state index in [0.29, 0.717) is 16.6 Å². The van der Waals surface area contributed by atoms with Crippen LogP contribution in [0, 0.1) is 5.41 Å². The molecule has 1 saturated carbocycles. The van der Waals surface area contributed by atoms with Crippen LogP contribution >= 0.6 is 22.9 Å². The predicted molar refractivity (Wildman–Crippen MR) is 77.5 cm³/mol. The Morgan fingerprint density at radius 3 is 2.56 bits per heavy atom. The summed E-state index contributed by atoms with van der Waals surface area (Å²) in [6.45, 7) is 4.66. The summed E-state index contributed by atoms with van der Waals surface area (Å²) in [5.74, 6) is 0. The van der Waals surface area contributed by atoms with Gasteiger partial charge in [0.25, 0.3) is 0 Å². The van der Waals surface area contributed by atoms with Crippen molar-refractivity contribution in [2.24, 2.45) is 5.41 Å². The molecule has 0 atom stereocenters. The molecule has 1 aliphatic rings. The first-order valence-corrected chi connectivity index (χ1v) is 7.61. The topological polar surface area (TPSA) is 36.4 Å². The first kappa shape index (κ1) is 14.1. The molecule has 0 spiro atoms. The van der Waals surface area contributed by atoms with E-state index in [2.05, 4.69) is 30.8 Å². The van der Waals surface area contributed by atoms with Gasteiger partial charge in [0, 0.05) is 13.1 Å². The third kappa shape index (κ3) is 2.98. The van der Waals surface area contributed by atoms with Crippen LogP contribution in [0.15, 0.2) is 0 Å². The molecule has 0 unspecified atom stereocenters. The van der Waals surface area contributed by atoms with Gasteiger partial charge in [-0.2, -0.15) is 0 Å². The van der Waals surface area contributed by atoms with Gasteiger partial charge < -0.3 is 10.0 Å². The Morgan fingerprint density at radius 1 is 1.44 bits per heavy atom. The second-order valence-corrected chi connectivity index (χ2v) is 7.29. The number of hydrogen-bond donors (Lipinski definition) is 1. The molecular weight excluding hydrogens is 268 g/mol. The lowest BCUT2D eigenvalue weighted by Gasteiger charge is -2.38. The van der Waals surface area contributed by atoms with Crippen LogP contribution < -0.4 is 4.90 Å². The van der Waals surface area contributed by atoms with Crippen molar-refractivity contribution in [3.8, 4) is 0 Å². The summed E-state index contributed by atoms with van der Waals surface area (Å²) < 4.78 is 0. The molecule has 0 bridgehead atoms. The summed E-state index contributed by atoms with van der Waals surface area (Å²) in [5, 5.41) is 10.5. The molecule has 0 amide bonds. The van der Waals surface area contributed by atoms with Gasteiger partial charge in [-0.3, -0.25) is 0 Å². The van der Waals surface area contributed by atoms with Gasteiger partial charge in [0.05, 0.1) is 11.5 Å². The first-order valence-electron chi connectivity index (χ1n) is 6.42. The Kier molecular flexibility index (Phi) is 4.19. The number of anilines is 1. The molecule has 1 N–H and O–H groups in total. The Bertz CT molecular complexity index is 409. The number of thiazole rings is 1. The number of rotatable bonds is 3. The minimum absolute atomic E-state index is 0.0258. The number of aliphatic hydroxyl groups is 1. The molecular formula is C13H21ClN2OS. The smallest absolute Gasteiger partial charge is 0.187 e. The van der Waals surface area contributed by atoms with Crippen LogP contribution in [-0.4, -0.2) is 23.2 Å². The Hall–Kier alpha value is -0.320. The standard InChI is InChI=1S/C13H21ClN2OS/c1-13(2)6-4-9(5-7-13)16(3)12-15-11(14)10(8-17)18-12/h9,17H,4-8H2,1-3H3. The summed E-state index contributed by atoms with van der Waals surface area (Å²) in [7, 11) is 2.08. The fraction of sp³-hybridized carbons (Fsp3) is 0.769. The van der Waals surface area contributed by atoms with E-state index in [1.165, 1.54) is 37.0 Å². The molecule has 5 heteroatoms. The van der Waals surface area contributed by atoms with Crippen molar-refractivity contribution in [1.82, 2.24) is 4.98 Å². The maximum Gasteiger partial charge on any atom is 0.187 e. The molecule has 1 heterocycles. The van der Waals surface area contributed by atoms with E-state index in [1.54, 1.807) is 0 Å². The van der Waals surface area contributed by atoms with Crippen LogP contribution in [0.4, 0.5) is 5.13 Å². The SMILES string of the molecule is CN(c1nc(Cl)c(CO)s1)C1CCC(C)(C)CC1. The number of aromatic nitrogens is 1. The van der Waals surface area contributed by atoms with E-state index in [1.807, 2.05) is 0 Å². The van der Waals surface area contributed by atoms with Gasteiger partial charge in [-0.25, -0.2) is 4.98 Å². The fourth-order valence-corrected chi connectivity index (χ4v) is 3.65. The summed E-state index contributed by atoms with van der Waals surface area (Å²) >= 11 is 7.48. The molecule has 1 fully saturated rings. The van der Waals surface area contributed by atoms with Crippen molar-refractivity contribution < 1.29 is 5.11 Å². The highest BCUT2D eigenvalue weighted by Gasteiger charge is 2.30. The van der Waals surface area contributed by atoms with Crippen molar-refractivity contribution >= 4 is 28.1 Å². The van der Waals surface area contributed by atoms with Gasteiger partial charge in [0.1, 0.15) is 5.15 Å². The zero-order chi connectivity index (χ0) is 13.3. The van der Waals surface area contributed by atoms with Crippen molar-refractivity contribution in [2.45, 2.75) is 52.2 Å². The number of hydrogen-bond acceptors (Lipinski definition) is 4. The van der Waals surface area contributed by atoms with Crippen LogP contribution in [0.1, 0.15) is 44.4 Å². The Balaban J connectivity index is 2.05. The Morgan fingerprint density at radius 2 is 2.06 bits per heavy atom. The third-order valence-corrected chi connectivity index (χ3v) is 5.50. The normalized spacial score (nSPS) is 20.1. The molecule has 102 valence electrons. The quantitative estimate of drug-likeness (QED) is 0.921. The average molecular weight is 289 g/mol. The third-order valence-electron chi connectivity index (χ3n) is 3.94. The predicted octanol–water partition coefficient (Wildman–Crippen LogP) is 3.69. The van der Waals surface area contributed by atoms with Gasteiger partial charge in [0.15, 0.2) is 5.13 Å². The molecule has 18 heavy (non-hydrogen) atoms. The highest BCUT2D eigenvalue weighted by Crippen LogP contribution is 2.39. The van der Waals surface area contributed by atoms with Crippen LogP contribution in [0.2, 0.25) is 5.15 Å². The van der Waals surface area contributed by atoms with E-state index in [0.717, 1.165) is 10.0 Å². The van der Waals surface area contributed by atoms with Crippen LogP contribution in [0.5, 0.6) is 0 Å². The lowest BCUT2D eigenvalue weighted by atomic mass is 9.75. The van der Waals surface area contributed by atoms with Gasteiger partial charge in [-0.1, -0.05) is 36.8 Å². The van der Waals surface area contributed by atoms with Gasteiger partial charge in [-0.05, 0) is 31.1 Å². The number of nitrogens with zero attached hydrogens (tertiary/aromatic N) is 2. The van der Waals surface area contributed by atoms with Crippen molar-refractivity contribution in [3.63, 3.8) is 0 Å².